The van der Waals surface area contributed by atoms with Crippen LogP contribution in [0.1, 0.15) is 66.2 Å². The van der Waals surface area contributed by atoms with Gasteiger partial charge in [-0.05, 0) is 40.5 Å². The molecule has 0 N–H and O–H groups in total. The highest BCUT2D eigenvalue weighted by molar-refractivity contribution is 6.11. The minimum absolute atomic E-state index is 0.225. The number of amidine groups is 1. The second-order valence-electron chi connectivity index (χ2n) is 6.86. The molecular weight excluding hydrogens is 247 g/mol. The molecule has 2 aliphatic rings. The largest absolute Gasteiger partial charge is 0.460 e. The van der Waals surface area contributed by atoms with Crippen LogP contribution in [0.4, 0.5) is 0 Å². The Labute approximate surface area is 125 Å². The first kappa shape index (κ1) is 15.7. The van der Waals surface area contributed by atoms with Crippen LogP contribution >= 0.6 is 0 Å². The number of aliphatic imine (C=N–C) groups is 1. The van der Waals surface area contributed by atoms with Gasteiger partial charge >= 0.3 is 0 Å². The predicted molar refractivity (Wildman–Crippen MR) is 85.4 cm³/mol. The Bertz CT molecular complexity index is 343. The number of hydrogen-bond acceptors (Lipinski definition) is 2. The molecule has 1 heterocycles. The summed E-state index contributed by atoms with van der Waals surface area (Å²) in [6.07, 6.45) is 7.34. The van der Waals surface area contributed by atoms with Gasteiger partial charge in [-0.25, -0.2) is 4.99 Å². The molecule has 3 atom stereocenters. The van der Waals surface area contributed by atoms with Gasteiger partial charge in [-0.2, -0.15) is 0 Å². The van der Waals surface area contributed by atoms with Crippen molar-refractivity contribution in [3.05, 3.63) is 0 Å². The molecule has 3 unspecified atom stereocenters. The molecule has 0 aromatic rings. The lowest BCUT2D eigenvalue weighted by atomic mass is 9.78. The second kappa shape index (κ2) is 6.86. The molecule has 0 aromatic carbocycles. The van der Waals surface area contributed by atoms with E-state index in [1.165, 1.54) is 25.7 Å². The van der Waals surface area contributed by atoms with E-state index in [0.29, 0.717) is 12.1 Å². The van der Waals surface area contributed by atoms with Crippen LogP contribution in [0, 0.1) is 0 Å². The van der Waals surface area contributed by atoms with Crippen LogP contribution in [-0.2, 0) is 4.74 Å². The molecule has 2 radical (unpaired) electrons. The fourth-order valence-corrected chi connectivity index (χ4v) is 3.40. The average Bonchev–Trinajstić information content (AvgIpc) is 2.67. The Balaban J connectivity index is 2.21. The van der Waals surface area contributed by atoms with Gasteiger partial charge in [0.05, 0.1) is 13.9 Å². The van der Waals surface area contributed by atoms with E-state index in [0.717, 1.165) is 18.9 Å². The molecule has 3 nitrogen and oxygen atoms in total. The van der Waals surface area contributed by atoms with Gasteiger partial charge in [0.1, 0.15) is 6.10 Å². The van der Waals surface area contributed by atoms with Crippen LogP contribution in [0.15, 0.2) is 4.99 Å². The fraction of sp³-hybridized carbons (Fsp3) is 0.938. The van der Waals surface area contributed by atoms with Crippen LogP contribution in [0.5, 0.6) is 0 Å². The molecule has 20 heavy (non-hydrogen) atoms. The fourth-order valence-electron chi connectivity index (χ4n) is 3.40. The lowest BCUT2D eigenvalue weighted by Gasteiger charge is -2.29. The SMILES string of the molecule is [B]C1CCCCCC2C(C1)OC(=NC(C)C)N2C(C)C. The molecule has 4 heteroatoms. The molecular formula is C16H29BN2O. The highest BCUT2D eigenvalue weighted by Gasteiger charge is 2.41. The lowest BCUT2D eigenvalue weighted by Crippen LogP contribution is -2.42. The van der Waals surface area contributed by atoms with Crippen LogP contribution in [0.25, 0.3) is 0 Å². The quantitative estimate of drug-likeness (QED) is 0.721. The maximum absolute atomic E-state index is 6.26. The van der Waals surface area contributed by atoms with E-state index in [2.05, 4.69) is 32.6 Å². The van der Waals surface area contributed by atoms with Gasteiger partial charge in [0, 0.05) is 12.1 Å². The van der Waals surface area contributed by atoms with Gasteiger partial charge in [-0.1, -0.05) is 31.5 Å². The van der Waals surface area contributed by atoms with Crippen molar-refractivity contribution in [3.63, 3.8) is 0 Å². The first-order valence-corrected chi connectivity index (χ1v) is 8.27. The Kier molecular flexibility index (Phi) is 5.39. The Morgan fingerprint density at radius 2 is 1.85 bits per heavy atom. The molecule has 0 spiro atoms. The molecule has 2 fully saturated rings. The molecule has 1 saturated heterocycles. The molecule has 2 rings (SSSR count). The summed E-state index contributed by atoms with van der Waals surface area (Å²) >= 11 is 0. The van der Waals surface area contributed by atoms with Crippen molar-refractivity contribution >= 4 is 13.9 Å². The topological polar surface area (TPSA) is 24.8 Å². The summed E-state index contributed by atoms with van der Waals surface area (Å²) in [5.74, 6) is 0.271. The van der Waals surface area contributed by atoms with Gasteiger partial charge in [0.15, 0.2) is 0 Å². The van der Waals surface area contributed by atoms with E-state index in [1.807, 2.05) is 0 Å². The minimum atomic E-state index is 0.225. The van der Waals surface area contributed by atoms with E-state index < -0.39 is 0 Å². The monoisotopic (exact) mass is 276 g/mol. The summed E-state index contributed by atoms with van der Waals surface area (Å²) in [7, 11) is 6.26. The zero-order valence-corrected chi connectivity index (χ0v) is 13.5. The smallest absolute Gasteiger partial charge is 0.288 e. The summed E-state index contributed by atoms with van der Waals surface area (Å²) in [4.78, 5) is 7.08. The third kappa shape index (κ3) is 3.70. The predicted octanol–water partition coefficient (Wildman–Crippen LogP) is 3.54. The second-order valence-corrected chi connectivity index (χ2v) is 6.86. The van der Waals surface area contributed by atoms with Crippen molar-refractivity contribution < 1.29 is 4.74 Å². The summed E-state index contributed by atoms with van der Waals surface area (Å²) in [5, 5.41) is 0. The highest BCUT2D eigenvalue weighted by Crippen LogP contribution is 2.34. The summed E-state index contributed by atoms with van der Waals surface area (Å²) in [5.41, 5.74) is 0. The van der Waals surface area contributed by atoms with Crippen LogP contribution in [0.2, 0.25) is 5.82 Å². The minimum Gasteiger partial charge on any atom is -0.460 e. The number of nitrogens with zero attached hydrogens (tertiary/aromatic N) is 2. The van der Waals surface area contributed by atoms with Crippen molar-refractivity contribution in [2.45, 2.75) is 96.3 Å². The van der Waals surface area contributed by atoms with E-state index in [9.17, 15) is 0 Å². The maximum Gasteiger partial charge on any atom is 0.288 e. The van der Waals surface area contributed by atoms with Crippen LogP contribution in [0.3, 0.4) is 0 Å². The van der Waals surface area contributed by atoms with Crippen LogP contribution in [-0.4, -0.2) is 43.0 Å². The summed E-state index contributed by atoms with van der Waals surface area (Å²) in [6, 6.07) is 2.00. The van der Waals surface area contributed by atoms with Gasteiger partial charge in [0.2, 0.25) is 0 Å². The first-order chi connectivity index (χ1) is 9.49. The van der Waals surface area contributed by atoms with Crippen molar-refractivity contribution in [3.8, 4) is 0 Å². The first-order valence-electron chi connectivity index (χ1n) is 8.27. The third-order valence-corrected chi connectivity index (χ3v) is 4.30. The summed E-state index contributed by atoms with van der Waals surface area (Å²) in [6.45, 7) is 8.67. The summed E-state index contributed by atoms with van der Waals surface area (Å²) < 4.78 is 6.21. The van der Waals surface area contributed by atoms with Crippen molar-refractivity contribution in [2.24, 2.45) is 4.99 Å². The Morgan fingerprint density at radius 1 is 1.15 bits per heavy atom. The van der Waals surface area contributed by atoms with Gasteiger partial charge in [-0.3, -0.25) is 0 Å². The normalized spacial score (nSPS) is 33.8. The van der Waals surface area contributed by atoms with Crippen LogP contribution < -0.4 is 0 Å². The zero-order chi connectivity index (χ0) is 14.7. The zero-order valence-electron chi connectivity index (χ0n) is 13.5. The number of ether oxygens (including phenoxy) is 1. The highest BCUT2D eigenvalue weighted by atomic mass is 16.5. The average molecular weight is 276 g/mol. The molecule has 1 saturated carbocycles. The van der Waals surface area contributed by atoms with Gasteiger partial charge in [-0.15, -0.1) is 0 Å². The van der Waals surface area contributed by atoms with E-state index in [4.69, 9.17) is 17.6 Å². The van der Waals surface area contributed by atoms with E-state index >= 15 is 0 Å². The molecule has 0 amide bonds. The van der Waals surface area contributed by atoms with Gasteiger partial charge < -0.3 is 9.64 Å². The number of hydrogen-bond donors (Lipinski definition) is 0. The molecule has 0 aromatic heterocycles. The van der Waals surface area contributed by atoms with E-state index in [-0.39, 0.29) is 18.0 Å². The molecule has 1 aliphatic carbocycles. The Morgan fingerprint density at radius 3 is 2.50 bits per heavy atom. The third-order valence-electron chi connectivity index (χ3n) is 4.30. The Hall–Kier alpha value is -0.665. The molecule has 0 bridgehead atoms. The number of fused-ring (bicyclic) bond motifs is 1. The lowest BCUT2D eigenvalue weighted by molar-refractivity contribution is 0.162. The maximum atomic E-state index is 6.26. The standard InChI is InChI=1S/C16H29BN2O/c1-11(2)18-16-19(12(3)4)14-9-7-5-6-8-13(17)10-15(14)20-16/h11-15H,5-10H2,1-4H3. The van der Waals surface area contributed by atoms with Crippen molar-refractivity contribution in [2.75, 3.05) is 0 Å². The number of rotatable bonds is 2. The molecule has 1 aliphatic heterocycles. The van der Waals surface area contributed by atoms with Crippen molar-refractivity contribution in [1.29, 1.82) is 0 Å². The molecule has 112 valence electrons. The van der Waals surface area contributed by atoms with Crippen molar-refractivity contribution in [1.82, 2.24) is 4.90 Å². The van der Waals surface area contributed by atoms with E-state index in [1.54, 1.807) is 0 Å². The van der Waals surface area contributed by atoms with Gasteiger partial charge in [0.25, 0.3) is 6.02 Å².